The monoisotopic (exact) mass is 341 g/mol. The van der Waals surface area contributed by atoms with Gasteiger partial charge < -0.3 is 5.32 Å². The molecule has 5 heteroatoms. The Morgan fingerprint density at radius 3 is 2.74 bits per heavy atom. The number of halogens is 1. The van der Waals surface area contributed by atoms with Gasteiger partial charge in [0.2, 0.25) is 0 Å². The zero-order valence-electron chi connectivity index (χ0n) is 11.8. The standard InChI is InChI=1S/C14H20BrN3S/c1-5-6-18-14(11(15)8-17-18)13(16-4)12-7-9(2)10(3)19-12/h7-8,13,16H,5-6H2,1-4H3. The third-order valence-corrected chi connectivity index (χ3v) is 5.13. The summed E-state index contributed by atoms with van der Waals surface area (Å²) in [5.74, 6) is 0. The van der Waals surface area contributed by atoms with Crippen LogP contribution in [0.2, 0.25) is 0 Å². The van der Waals surface area contributed by atoms with Gasteiger partial charge in [0, 0.05) is 16.3 Å². The molecular weight excluding hydrogens is 322 g/mol. The zero-order chi connectivity index (χ0) is 14.0. The molecule has 0 aliphatic heterocycles. The van der Waals surface area contributed by atoms with Crippen molar-refractivity contribution in [3.8, 4) is 0 Å². The van der Waals surface area contributed by atoms with Crippen molar-refractivity contribution in [3.05, 3.63) is 37.7 Å². The van der Waals surface area contributed by atoms with E-state index in [1.54, 1.807) is 0 Å². The predicted molar refractivity (Wildman–Crippen MR) is 84.9 cm³/mol. The van der Waals surface area contributed by atoms with E-state index in [1.165, 1.54) is 21.0 Å². The lowest BCUT2D eigenvalue weighted by Crippen LogP contribution is -2.21. The number of hydrogen-bond donors (Lipinski definition) is 1. The van der Waals surface area contributed by atoms with Crippen molar-refractivity contribution in [2.24, 2.45) is 0 Å². The van der Waals surface area contributed by atoms with Crippen LogP contribution >= 0.6 is 27.3 Å². The molecule has 0 saturated heterocycles. The summed E-state index contributed by atoms with van der Waals surface area (Å²) in [6.07, 6.45) is 2.97. The molecule has 2 aromatic rings. The molecule has 1 N–H and O–H groups in total. The van der Waals surface area contributed by atoms with Crippen LogP contribution in [-0.2, 0) is 6.54 Å². The minimum absolute atomic E-state index is 0.195. The molecule has 0 fully saturated rings. The summed E-state index contributed by atoms with van der Waals surface area (Å²) in [6, 6.07) is 2.47. The van der Waals surface area contributed by atoms with Crippen molar-refractivity contribution in [3.63, 3.8) is 0 Å². The Bertz CT molecular complexity index is 540. The lowest BCUT2D eigenvalue weighted by molar-refractivity contribution is 0.536. The second kappa shape index (κ2) is 6.20. The first-order valence-corrected chi connectivity index (χ1v) is 8.14. The number of thiophene rings is 1. The lowest BCUT2D eigenvalue weighted by atomic mass is 10.1. The van der Waals surface area contributed by atoms with E-state index in [9.17, 15) is 0 Å². The summed E-state index contributed by atoms with van der Waals surface area (Å²) in [5, 5.41) is 7.88. The van der Waals surface area contributed by atoms with E-state index in [2.05, 4.69) is 57.9 Å². The fourth-order valence-electron chi connectivity index (χ4n) is 2.21. The molecule has 0 amide bonds. The van der Waals surface area contributed by atoms with Crippen LogP contribution in [0.1, 0.15) is 40.4 Å². The highest BCUT2D eigenvalue weighted by Crippen LogP contribution is 2.33. The molecule has 2 rings (SSSR count). The highest BCUT2D eigenvalue weighted by molar-refractivity contribution is 9.10. The third-order valence-electron chi connectivity index (χ3n) is 3.30. The molecule has 0 radical (unpaired) electrons. The van der Waals surface area contributed by atoms with Crippen molar-refractivity contribution < 1.29 is 0 Å². The molecule has 0 aliphatic rings. The molecule has 0 aliphatic carbocycles. The zero-order valence-corrected chi connectivity index (χ0v) is 14.2. The SMILES string of the molecule is CCCn1ncc(Br)c1C(NC)c1cc(C)c(C)s1. The Labute approximate surface area is 127 Å². The van der Waals surface area contributed by atoms with E-state index >= 15 is 0 Å². The molecule has 19 heavy (non-hydrogen) atoms. The van der Waals surface area contributed by atoms with Gasteiger partial charge in [-0.1, -0.05) is 6.92 Å². The summed E-state index contributed by atoms with van der Waals surface area (Å²) in [6.45, 7) is 7.46. The molecule has 0 aromatic carbocycles. The van der Waals surface area contributed by atoms with Gasteiger partial charge in [-0.25, -0.2) is 0 Å². The number of aryl methyl sites for hydroxylation is 3. The van der Waals surface area contributed by atoms with Gasteiger partial charge >= 0.3 is 0 Å². The van der Waals surface area contributed by atoms with Gasteiger partial charge in [-0.15, -0.1) is 11.3 Å². The fourth-order valence-corrected chi connectivity index (χ4v) is 3.89. The second-order valence-electron chi connectivity index (χ2n) is 4.71. The molecule has 2 aromatic heterocycles. The van der Waals surface area contributed by atoms with Crippen LogP contribution in [0.3, 0.4) is 0 Å². The van der Waals surface area contributed by atoms with E-state index in [0.29, 0.717) is 0 Å². The molecule has 0 bridgehead atoms. The van der Waals surface area contributed by atoms with Crippen molar-refractivity contribution >= 4 is 27.3 Å². The Morgan fingerprint density at radius 1 is 1.47 bits per heavy atom. The number of nitrogens with one attached hydrogen (secondary N) is 1. The minimum atomic E-state index is 0.195. The highest BCUT2D eigenvalue weighted by atomic mass is 79.9. The largest absolute Gasteiger partial charge is 0.307 e. The van der Waals surface area contributed by atoms with Crippen LogP contribution in [0.25, 0.3) is 0 Å². The first kappa shape index (κ1) is 14.8. The van der Waals surface area contributed by atoms with Crippen molar-refractivity contribution in [2.45, 2.75) is 39.8 Å². The number of aromatic nitrogens is 2. The predicted octanol–water partition coefficient (Wildman–Crippen LogP) is 4.04. The molecule has 0 spiro atoms. The summed E-state index contributed by atoms with van der Waals surface area (Å²) in [7, 11) is 2.00. The summed E-state index contributed by atoms with van der Waals surface area (Å²) < 4.78 is 3.17. The summed E-state index contributed by atoms with van der Waals surface area (Å²) in [5.41, 5.74) is 2.57. The van der Waals surface area contributed by atoms with E-state index in [1.807, 2.05) is 24.6 Å². The van der Waals surface area contributed by atoms with Gasteiger partial charge in [0.15, 0.2) is 0 Å². The molecule has 104 valence electrons. The van der Waals surface area contributed by atoms with Crippen molar-refractivity contribution in [1.82, 2.24) is 15.1 Å². The van der Waals surface area contributed by atoms with Crippen LogP contribution in [0, 0.1) is 13.8 Å². The first-order valence-electron chi connectivity index (χ1n) is 6.53. The van der Waals surface area contributed by atoms with Gasteiger partial charge in [0.25, 0.3) is 0 Å². The van der Waals surface area contributed by atoms with Crippen molar-refractivity contribution in [2.75, 3.05) is 7.05 Å². The maximum atomic E-state index is 4.46. The first-order chi connectivity index (χ1) is 9.08. The minimum Gasteiger partial charge on any atom is -0.307 e. The molecule has 1 atom stereocenters. The second-order valence-corrected chi connectivity index (χ2v) is 6.85. The fraction of sp³-hybridized carbons (Fsp3) is 0.500. The smallest absolute Gasteiger partial charge is 0.0851 e. The van der Waals surface area contributed by atoms with Gasteiger partial charge in [-0.3, -0.25) is 4.68 Å². The normalized spacial score (nSPS) is 12.9. The van der Waals surface area contributed by atoms with Crippen molar-refractivity contribution in [1.29, 1.82) is 0 Å². The number of hydrogen-bond acceptors (Lipinski definition) is 3. The van der Waals surface area contributed by atoms with E-state index in [4.69, 9.17) is 0 Å². The Balaban J connectivity index is 2.44. The highest BCUT2D eigenvalue weighted by Gasteiger charge is 2.22. The Hall–Kier alpha value is -0.650. The maximum Gasteiger partial charge on any atom is 0.0851 e. The van der Waals surface area contributed by atoms with Crippen LogP contribution in [-0.4, -0.2) is 16.8 Å². The average Bonchev–Trinajstić information content (AvgIpc) is 2.88. The van der Waals surface area contributed by atoms with Gasteiger partial charge in [0.1, 0.15) is 0 Å². The number of nitrogens with zero attached hydrogens (tertiary/aromatic N) is 2. The molecule has 0 saturated carbocycles. The topological polar surface area (TPSA) is 29.9 Å². The van der Waals surface area contributed by atoms with E-state index in [0.717, 1.165) is 17.4 Å². The summed E-state index contributed by atoms with van der Waals surface area (Å²) in [4.78, 5) is 2.73. The number of rotatable bonds is 5. The Kier molecular flexibility index (Phi) is 4.81. The van der Waals surface area contributed by atoms with E-state index in [-0.39, 0.29) is 6.04 Å². The van der Waals surface area contributed by atoms with Gasteiger partial charge in [0.05, 0.1) is 22.4 Å². The molecular formula is C14H20BrN3S. The van der Waals surface area contributed by atoms with Crippen LogP contribution in [0.5, 0.6) is 0 Å². The molecule has 3 nitrogen and oxygen atoms in total. The quantitative estimate of drug-likeness (QED) is 0.889. The van der Waals surface area contributed by atoms with Crippen LogP contribution < -0.4 is 5.32 Å². The third kappa shape index (κ3) is 2.93. The molecule has 1 unspecified atom stereocenters. The summed E-state index contributed by atoms with van der Waals surface area (Å²) >= 11 is 5.49. The average molecular weight is 342 g/mol. The molecule has 2 heterocycles. The van der Waals surface area contributed by atoms with Crippen LogP contribution in [0.4, 0.5) is 0 Å². The maximum absolute atomic E-state index is 4.46. The van der Waals surface area contributed by atoms with Gasteiger partial charge in [-0.2, -0.15) is 5.10 Å². The Morgan fingerprint density at radius 2 is 2.21 bits per heavy atom. The van der Waals surface area contributed by atoms with Gasteiger partial charge in [-0.05, 0) is 54.9 Å². The van der Waals surface area contributed by atoms with E-state index < -0.39 is 0 Å². The lowest BCUT2D eigenvalue weighted by Gasteiger charge is -2.17. The van der Waals surface area contributed by atoms with Crippen LogP contribution in [0.15, 0.2) is 16.7 Å².